The first-order valence-electron chi connectivity index (χ1n) is 5.86. The number of aromatic nitrogens is 2. The van der Waals surface area contributed by atoms with Crippen LogP contribution in [0, 0.1) is 6.92 Å². The summed E-state index contributed by atoms with van der Waals surface area (Å²) in [5, 5.41) is 1.19. The van der Waals surface area contributed by atoms with Gasteiger partial charge in [0.2, 0.25) is 5.88 Å². The summed E-state index contributed by atoms with van der Waals surface area (Å²) in [6, 6.07) is 12.4. The van der Waals surface area contributed by atoms with Crippen LogP contribution < -0.4 is 4.74 Å². The number of rotatable bonds is 2. The van der Waals surface area contributed by atoms with Gasteiger partial charge in [0.05, 0.1) is 18.4 Å². The maximum absolute atomic E-state index is 5.32. The van der Waals surface area contributed by atoms with E-state index in [9.17, 15) is 0 Å². The van der Waals surface area contributed by atoms with Crippen molar-refractivity contribution in [2.75, 3.05) is 7.11 Å². The lowest BCUT2D eigenvalue weighted by molar-refractivity contribution is 0.399. The summed E-state index contributed by atoms with van der Waals surface area (Å²) in [5.41, 5.74) is 4.26. The van der Waals surface area contributed by atoms with E-state index in [0.717, 1.165) is 22.3 Å². The Labute approximate surface area is 105 Å². The summed E-state index contributed by atoms with van der Waals surface area (Å²) in [7, 11) is 1.64. The Hall–Kier alpha value is -2.29. The van der Waals surface area contributed by atoms with Crippen LogP contribution in [0.15, 0.2) is 42.6 Å². The number of para-hydroxylation sites is 1. The van der Waals surface area contributed by atoms with Gasteiger partial charge < -0.3 is 9.72 Å². The summed E-state index contributed by atoms with van der Waals surface area (Å²) in [5.74, 6) is 0.646. The molecule has 1 aromatic carbocycles. The Morgan fingerprint density at radius 1 is 1.17 bits per heavy atom. The number of hydrogen-bond acceptors (Lipinski definition) is 2. The first kappa shape index (κ1) is 10.8. The third-order valence-electron chi connectivity index (χ3n) is 3.00. The van der Waals surface area contributed by atoms with Gasteiger partial charge in [0.15, 0.2) is 0 Å². The summed E-state index contributed by atoms with van der Waals surface area (Å²) >= 11 is 0. The fraction of sp³-hybridized carbons (Fsp3) is 0.133. The van der Waals surface area contributed by atoms with Crippen molar-refractivity contribution in [2.45, 2.75) is 6.92 Å². The third-order valence-corrected chi connectivity index (χ3v) is 3.00. The number of pyridine rings is 1. The van der Waals surface area contributed by atoms with Crippen LogP contribution in [0.3, 0.4) is 0 Å². The van der Waals surface area contributed by atoms with E-state index in [1.807, 2.05) is 25.3 Å². The van der Waals surface area contributed by atoms with Gasteiger partial charge in [-0.15, -0.1) is 0 Å². The van der Waals surface area contributed by atoms with Crippen LogP contribution in [-0.4, -0.2) is 17.1 Å². The van der Waals surface area contributed by atoms with E-state index in [2.05, 4.69) is 34.2 Å². The number of nitrogens with zero attached hydrogens (tertiary/aromatic N) is 1. The van der Waals surface area contributed by atoms with Crippen molar-refractivity contribution in [3.63, 3.8) is 0 Å². The lowest BCUT2D eigenvalue weighted by atomic mass is 10.1. The normalized spacial score (nSPS) is 10.8. The lowest BCUT2D eigenvalue weighted by Crippen LogP contribution is -1.92. The lowest BCUT2D eigenvalue weighted by Gasteiger charge is -2.06. The van der Waals surface area contributed by atoms with Gasteiger partial charge in [0, 0.05) is 17.1 Å². The molecule has 3 heteroatoms. The molecule has 0 aliphatic rings. The summed E-state index contributed by atoms with van der Waals surface area (Å²) < 4.78 is 5.32. The molecule has 0 spiro atoms. The number of benzene rings is 1. The molecule has 18 heavy (non-hydrogen) atoms. The zero-order valence-corrected chi connectivity index (χ0v) is 10.4. The second-order valence-corrected chi connectivity index (χ2v) is 4.34. The molecule has 2 aromatic heterocycles. The number of H-pyrrole nitrogens is 1. The van der Waals surface area contributed by atoms with E-state index in [-0.39, 0.29) is 0 Å². The highest BCUT2D eigenvalue weighted by Gasteiger charge is 2.10. The molecule has 0 aliphatic heterocycles. The molecule has 1 N–H and O–H groups in total. The van der Waals surface area contributed by atoms with Gasteiger partial charge in [-0.2, -0.15) is 0 Å². The Morgan fingerprint density at radius 3 is 2.78 bits per heavy atom. The van der Waals surface area contributed by atoms with E-state index in [1.54, 1.807) is 7.11 Å². The van der Waals surface area contributed by atoms with E-state index in [4.69, 9.17) is 4.74 Å². The monoisotopic (exact) mass is 238 g/mol. The molecule has 0 radical (unpaired) electrons. The second-order valence-electron chi connectivity index (χ2n) is 4.34. The Balaban J connectivity index is 2.22. The zero-order valence-electron chi connectivity index (χ0n) is 10.4. The number of nitrogens with one attached hydrogen (secondary N) is 1. The van der Waals surface area contributed by atoms with Gasteiger partial charge in [-0.3, -0.25) is 0 Å². The second kappa shape index (κ2) is 4.18. The van der Waals surface area contributed by atoms with Gasteiger partial charge in [-0.05, 0) is 30.7 Å². The van der Waals surface area contributed by atoms with Crippen LogP contribution >= 0.6 is 0 Å². The van der Waals surface area contributed by atoms with Gasteiger partial charge >= 0.3 is 0 Å². The van der Waals surface area contributed by atoms with Gasteiger partial charge in [-0.1, -0.05) is 18.2 Å². The minimum atomic E-state index is 0.646. The molecule has 0 saturated carbocycles. The number of aryl methyl sites for hydroxylation is 1. The maximum atomic E-state index is 5.32. The minimum Gasteiger partial charge on any atom is -0.481 e. The molecule has 0 atom stereocenters. The number of fused-ring (bicyclic) bond motifs is 1. The third kappa shape index (κ3) is 1.74. The van der Waals surface area contributed by atoms with Crippen LogP contribution in [0.2, 0.25) is 0 Å². The van der Waals surface area contributed by atoms with Gasteiger partial charge in [0.25, 0.3) is 0 Å². The molecule has 3 nitrogen and oxygen atoms in total. The molecular formula is C15H14N2O. The van der Waals surface area contributed by atoms with Crippen LogP contribution in [0.1, 0.15) is 5.56 Å². The summed E-state index contributed by atoms with van der Waals surface area (Å²) in [4.78, 5) is 7.69. The minimum absolute atomic E-state index is 0.646. The number of ether oxygens (including phenoxy) is 1. The smallest absolute Gasteiger partial charge is 0.222 e. The van der Waals surface area contributed by atoms with Crippen molar-refractivity contribution in [1.82, 2.24) is 9.97 Å². The van der Waals surface area contributed by atoms with Crippen molar-refractivity contribution >= 4 is 10.9 Å². The van der Waals surface area contributed by atoms with E-state index >= 15 is 0 Å². The van der Waals surface area contributed by atoms with Gasteiger partial charge in [-0.25, -0.2) is 4.98 Å². The van der Waals surface area contributed by atoms with E-state index in [0.29, 0.717) is 5.88 Å². The quantitative estimate of drug-likeness (QED) is 0.741. The molecule has 0 saturated heterocycles. The highest BCUT2D eigenvalue weighted by Crippen LogP contribution is 2.30. The molecule has 0 bridgehead atoms. The maximum Gasteiger partial charge on any atom is 0.222 e. The Morgan fingerprint density at radius 2 is 2.00 bits per heavy atom. The molecule has 0 aliphatic carbocycles. The number of hydrogen-bond donors (Lipinski definition) is 1. The molecule has 3 aromatic rings. The predicted octanol–water partition coefficient (Wildman–Crippen LogP) is 3.55. The van der Waals surface area contributed by atoms with Crippen molar-refractivity contribution in [3.05, 3.63) is 48.2 Å². The van der Waals surface area contributed by atoms with Crippen LogP contribution in [0.5, 0.6) is 5.88 Å². The largest absolute Gasteiger partial charge is 0.481 e. The summed E-state index contributed by atoms with van der Waals surface area (Å²) in [6.07, 6.45) is 1.81. The molecule has 0 amide bonds. The fourth-order valence-electron chi connectivity index (χ4n) is 2.13. The van der Waals surface area contributed by atoms with Crippen molar-refractivity contribution in [3.8, 4) is 17.1 Å². The first-order chi connectivity index (χ1) is 8.78. The molecule has 2 heterocycles. The molecular weight excluding hydrogens is 224 g/mol. The molecule has 3 rings (SSSR count). The highest BCUT2D eigenvalue weighted by molar-refractivity contribution is 5.86. The van der Waals surface area contributed by atoms with E-state index in [1.165, 1.54) is 5.39 Å². The van der Waals surface area contributed by atoms with Crippen molar-refractivity contribution < 1.29 is 4.74 Å². The topological polar surface area (TPSA) is 37.9 Å². The summed E-state index contributed by atoms with van der Waals surface area (Å²) in [6.45, 7) is 2.03. The predicted molar refractivity (Wildman–Crippen MR) is 72.8 cm³/mol. The molecule has 0 unspecified atom stereocenters. The Bertz CT molecular complexity index is 668. The first-order valence-corrected chi connectivity index (χ1v) is 5.86. The average molecular weight is 238 g/mol. The zero-order chi connectivity index (χ0) is 12.5. The molecule has 90 valence electrons. The van der Waals surface area contributed by atoms with Crippen LogP contribution in [0.4, 0.5) is 0 Å². The Kier molecular flexibility index (Phi) is 2.52. The highest BCUT2D eigenvalue weighted by atomic mass is 16.5. The van der Waals surface area contributed by atoms with Crippen LogP contribution in [-0.2, 0) is 0 Å². The van der Waals surface area contributed by atoms with Crippen LogP contribution in [0.25, 0.3) is 22.2 Å². The number of methoxy groups -OCH3 is 1. The number of aromatic amines is 1. The average Bonchev–Trinajstić information content (AvgIpc) is 2.82. The van der Waals surface area contributed by atoms with E-state index < -0.39 is 0 Å². The standard InChI is InChI=1S/C15H14N2O/c1-10-7-12(15(18-2)16-9-10)14-8-11-5-3-4-6-13(11)17-14/h3-9,17H,1-2H3. The van der Waals surface area contributed by atoms with Gasteiger partial charge in [0.1, 0.15) is 0 Å². The van der Waals surface area contributed by atoms with Crippen molar-refractivity contribution in [1.29, 1.82) is 0 Å². The van der Waals surface area contributed by atoms with Crippen molar-refractivity contribution in [2.24, 2.45) is 0 Å². The fourth-order valence-corrected chi connectivity index (χ4v) is 2.13. The molecule has 0 fully saturated rings. The SMILES string of the molecule is COc1ncc(C)cc1-c1cc2ccccc2[nH]1.